The van der Waals surface area contributed by atoms with E-state index in [1.807, 2.05) is 17.1 Å². The highest BCUT2D eigenvalue weighted by Crippen LogP contribution is 2.34. The van der Waals surface area contributed by atoms with Crippen LogP contribution in [0.3, 0.4) is 0 Å². The summed E-state index contributed by atoms with van der Waals surface area (Å²) in [5.74, 6) is -1.18. The molecule has 0 spiro atoms. The number of likely N-dealkylation sites (tertiary alicyclic amines) is 1. The first-order valence-corrected chi connectivity index (χ1v) is 8.30. The summed E-state index contributed by atoms with van der Waals surface area (Å²) in [6, 6.07) is 3.85. The smallest absolute Gasteiger partial charge is 0.159 e. The first-order chi connectivity index (χ1) is 11.4. The highest BCUT2D eigenvalue weighted by Gasteiger charge is 2.32. The van der Waals surface area contributed by atoms with Crippen LogP contribution in [0.4, 0.5) is 8.78 Å². The first kappa shape index (κ1) is 17.0. The molecule has 0 radical (unpaired) electrons. The molecule has 0 bridgehead atoms. The highest BCUT2D eigenvalue weighted by molar-refractivity contribution is 5.23. The molecule has 1 fully saturated rings. The van der Waals surface area contributed by atoms with E-state index in [4.69, 9.17) is 0 Å². The minimum Gasteiger partial charge on any atom is -0.392 e. The molecule has 1 N–H and O–H groups in total. The molecule has 24 heavy (non-hydrogen) atoms. The lowest BCUT2D eigenvalue weighted by Crippen LogP contribution is -2.24. The fourth-order valence-electron chi connectivity index (χ4n) is 3.32. The van der Waals surface area contributed by atoms with Crippen LogP contribution in [0.5, 0.6) is 0 Å². The Morgan fingerprint density at radius 3 is 2.79 bits per heavy atom. The lowest BCUT2D eigenvalue weighted by molar-refractivity contribution is 0.172. The fourth-order valence-corrected chi connectivity index (χ4v) is 3.32. The van der Waals surface area contributed by atoms with E-state index in [1.165, 1.54) is 6.07 Å². The van der Waals surface area contributed by atoms with Gasteiger partial charge in [0.25, 0.3) is 0 Å². The summed E-state index contributed by atoms with van der Waals surface area (Å²) in [7, 11) is 0. The Hall–Kier alpha value is -1.79. The summed E-state index contributed by atoms with van der Waals surface area (Å²) in [6.07, 6.45) is 3.89. The second-order valence-corrected chi connectivity index (χ2v) is 6.97. The molecule has 0 unspecified atom stereocenters. The van der Waals surface area contributed by atoms with Gasteiger partial charge in [-0.15, -0.1) is 0 Å². The van der Waals surface area contributed by atoms with Gasteiger partial charge in [-0.1, -0.05) is 19.9 Å². The number of nitrogens with zero attached hydrogens (tertiary/aromatic N) is 3. The van der Waals surface area contributed by atoms with E-state index in [1.54, 1.807) is 6.07 Å². The number of rotatable bonds is 5. The molecule has 3 rings (SSSR count). The highest BCUT2D eigenvalue weighted by atomic mass is 19.2. The summed E-state index contributed by atoms with van der Waals surface area (Å²) in [5.41, 5.74) is 1.75. The van der Waals surface area contributed by atoms with Crippen LogP contribution in [0, 0.1) is 17.6 Å². The average molecular weight is 335 g/mol. The Morgan fingerprint density at radius 2 is 2.08 bits per heavy atom. The van der Waals surface area contributed by atoms with Gasteiger partial charge >= 0.3 is 0 Å². The van der Waals surface area contributed by atoms with Gasteiger partial charge in [0.05, 0.1) is 12.3 Å². The maximum atomic E-state index is 13.5. The van der Waals surface area contributed by atoms with E-state index >= 15 is 0 Å². The third kappa shape index (κ3) is 3.82. The summed E-state index contributed by atoms with van der Waals surface area (Å²) in [6.45, 7) is 6.27. The van der Waals surface area contributed by atoms with Gasteiger partial charge in [0.1, 0.15) is 0 Å². The molecule has 1 aromatic carbocycles. The van der Waals surface area contributed by atoms with Gasteiger partial charge in [-0.05, 0) is 30.0 Å². The first-order valence-electron chi connectivity index (χ1n) is 8.30. The van der Waals surface area contributed by atoms with Crippen LogP contribution in [-0.2, 0) is 13.1 Å². The van der Waals surface area contributed by atoms with Gasteiger partial charge in [-0.2, -0.15) is 5.10 Å². The molecule has 1 aliphatic heterocycles. The van der Waals surface area contributed by atoms with Crippen molar-refractivity contribution in [1.29, 1.82) is 0 Å². The van der Waals surface area contributed by atoms with Gasteiger partial charge in [-0.25, -0.2) is 8.78 Å². The van der Waals surface area contributed by atoms with Gasteiger partial charge in [-0.3, -0.25) is 9.58 Å². The standard InChI is InChI=1S/C18H23F2N3O/c1-12(2)8-23-10-13(7-21-23)9-22-11-15(24)6-18(22)14-3-4-16(19)17(20)5-14/h3-5,7,10,12,15,18,24H,6,8-9,11H2,1-2H3/t15-,18-/m1/s1. The van der Waals surface area contributed by atoms with Crippen molar-refractivity contribution in [2.24, 2.45) is 5.92 Å². The van der Waals surface area contributed by atoms with E-state index in [-0.39, 0.29) is 6.04 Å². The van der Waals surface area contributed by atoms with Crippen molar-refractivity contribution in [3.05, 3.63) is 53.4 Å². The molecule has 0 aliphatic carbocycles. The largest absolute Gasteiger partial charge is 0.392 e. The predicted octanol–water partition coefficient (Wildman–Crippen LogP) is 3.13. The molecule has 0 amide bonds. The molecule has 2 aromatic rings. The molecule has 0 saturated carbocycles. The minimum absolute atomic E-state index is 0.122. The van der Waals surface area contributed by atoms with Crippen LogP contribution < -0.4 is 0 Å². The Morgan fingerprint density at radius 1 is 1.29 bits per heavy atom. The second-order valence-electron chi connectivity index (χ2n) is 6.97. The molecule has 2 atom stereocenters. The Labute approximate surface area is 140 Å². The van der Waals surface area contributed by atoms with E-state index in [9.17, 15) is 13.9 Å². The topological polar surface area (TPSA) is 41.3 Å². The number of hydrogen-bond acceptors (Lipinski definition) is 3. The number of β-amino-alcohol motifs (C(OH)–C–C–N with tert-alkyl or cyclic N) is 1. The van der Waals surface area contributed by atoms with Gasteiger partial charge in [0.15, 0.2) is 11.6 Å². The lowest BCUT2D eigenvalue weighted by atomic mass is 10.0. The van der Waals surface area contributed by atoms with Crippen LogP contribution in [0.1, 0.15) is 37.4 Å². The predicted molar refractivity (Wildman–Crippen MR) is 87.2 cm³/mol. The molecule has 130 valence electrons. The van der Waals surface area contributed by atoms with Crippen molar-refractivity contribution < 1.29 is 13.9 Å². The number of benzene rings is 1. The van der Waals surface area contributed by atoms with E-state index in [0.29, 0.717) is 31.0 Å². The maximum absolute atomic E-state index is 13.5. The molecular formula is C18H23F2N3O. The van der Waals surface area contributed by atoms with E-state index in [2.05, 4.69) is 23.8 Å². The van der Waals surface area contributed by atoms with Crippen molar-refractivity contribution in [3.63, 3.8) is 0 Å². The van der Waals surface area contributed by atoms with Crippen LogP contribution in [0.2, 0.25) is 0 Å². The molecule has 1 saturated heterocycles. The van der Waals surface area contributed by atoms with Gasteiger partial charge in [0.2, 0.25) is 0 Å². The molecule has 1 aromatic heterocycles. The summed E-state index contributed by atoms with van der Waals surface area (Å²) >= 11 is 0. The van der Waals surface area contributed by atoms with Crippen LogP contribution >= 0.6 is 0 Å². The van der Waals surface area contributed by atoms with Crippen molar-refractivity contribution >= 4 is 0 Å². The van der Waals surface area contributed by atoms with Crippen LogP contribution in [0.15, 0.2) is 30.6 Å². The molecule has 1 aliphatic rings. The summed E-state index contributed by atoms with van der Waals surface area (Å²) < 4.78 is 28.6. The van der Waals surface area contributed by atoms with Crippen molar-refractivity contribution in [2.75, 3.05) is 6.54 Å². The third-order valence-electron chi connectivity index (χ3n) is 4.33. The summed E-state index contributed by atoms with van der Waals surface area (Å²) in [5, 5.41) is 14.4. The lowest BCUT2D eigenvalue weighted by Gasteiger charge is -2.24. The fraction of sp³-hybridized carbons (Fsp3) is 0.500. The van der Waals surface area contributed by atoms with Gasteiger partial charge in [0, 0.05) is 37.4 Å². The maximum Gasteiger partial charge on any atom is 0.159 e. The SMILES string of the molecule is CC(C)Cn1cc(CN2C[C@H](O)C[C@@H]2c2ccc(F)c(F)c2)cn1. The van der Waals surface area contributed by atoms with Gasteiger partial charge < -0.3 is 5.11 Å². The monoisotopic (exact) mass is 335 g/mol. The quantitative estimate of drug-likeness (QED) is 0.913. The normalized spacial score (nSPS) is 21.8. The van der Waals surface area contributed by atoms with E-state index < -0.39 is 17.7 Å². The second kappa shape index (κ2) is 6.99. The average Bonchev–Trinajstić information content (AvgIpc) is 3.08. The van der Waals surface area contributed by atoms with Crippen LogP contribution in [0.25, 0.3) is 0 Å². The third-order valence-corrected chi connectivity index (χ3v) is 4.33. The van der Waals surface area contributed by atoms with Crippen LogP contribution in [-0.4, -0.2) is 32.4 Å². The number of hydrogen-bond donors (Lipinski definition) is 1. The van der Waals surface area contributed by atoms with Crippen molar-refractivity contribution in [3.8, 4) is 0 Å². The van der Waals surface area contributed by atoms with Crippen molar-refractivity contribution in [1.82, 2.24) is 14.7 Å². The number of halogens is 2. The molecule has 4 nitrogen and oxygen atoms in total. The Bertz CT molecular complexity index is 701. The number of aliphatic hydroxyl groups is 1. The molecular weight excluding hydrogens is 312 g/mol. The summed E-state index contributed by atoms with van der Waals surface area (Å²) in [4.78, 5) is 2.09. The minimum atomic E-state index is -0.849. The molecule has 6 heteroatoms. The zero-order valence-corrected chi connectivity index (χ0v) is 14.0. The zero-order valence-electron chi connectivity index (χ0n) is 14.0. The number of aromatic nitrogens is 2. The number of aliphatic hydroxyl groups excluding tert-OH is 1. The Kier molecular flexibility index (Phi) is 4.96. The van der Waals surface area contributed by atoms with E-state index in [0.717, 1.165) is 18.2 Å². The van der Waals surface area contributed by atoms with Crippen molar-refractivity contribution in [2.45, 2.75) is 45.5 Å². The molecule has 2 heterocycles. The Balaban J connectivity index is 1.75. The zero-order chi connectivity index (χ0) is 17.3.